The van der Waals surface area contributed by atoms with Crippen LogP contribution in [0.5, 0.6) is 5.88 Å². The minimum Gasteiger partial charge on any atom is -0.472 e. The van der Waals surface area contributed by atoms with Crippen molar-refractivity contribution in [3.8, 4) is 5.88 Å². The van der Waals surface area contributed by atoms with Crippen molar-refractivity contribution in [3.05, 3.63) is 46.8 Å². The number of hydrogen-bond donors (Lipinski definition) is 1. The van der Waals surface area contributed by atoms with Gasteiger partial charge in [0.05, 0.1) is 11.5 Å². The Morgan fingerprint density at radius 1 is 1.27 bits per heavy atom. The van der Waals surface area contributed by atoms with E-state index in [2.05, 4.69) is 4.37 Å². The largest absolute Gasteiger partial charge is 0.472 e. The second kappa shape index (κ2) is 4.91. The first kappa shape index (κ1) is 10.1. The zero-order valence-corrected chi connectivity index (χ0v) is 8.91. The highest BCUT2D eigenvalue weighted by molar-refractivity contribution is 7.05. The zero-order chi connectivity index (χ0) is 10.5. The monoisotopic (exact) mass is 221 g/mol. The van der Waals surface area contributed by atoms with Gasteiger partial charge in [0.15, 0.2) is 0 Å². The maximum absolute atomic E-state index is 8.85. The number of hydrogen-bond acceptors (Lipinski definition) is 4. The summed E-state index contributed by atoms with van der Waals surface area (Å²) in [6.07, 6.45) is 0. The average Bonchev–Trinajstić information content (AvgIpc) is 2.76. The molecule has 3 nitrogen and oxygen atoms in total. The first-order valence-corrected chi connectivity index (χ1v) is 5.39. The summed E-state index contributed by atoms with van der Waals surface area (Å²) in [5.41, 5.74) is 1.11. The molecule has 2 aromatic rings. The normalized spacial score (nSPS) is 10.2. The van der Waals surface area contributed by atoms with Crippen LogP contribution in [0.15, 0.2) is 36.4 Å². The Morgan fingerprint density at radius 3 is 2.73 bits per heavy atom. The zero-order valence-electron chi connectivity index (χ0n) is 8.09. The minimum atomic E-state index is 0.0202. The second-order valence-corrected chi connectivity index (χ2v) is 3.95. The molecule has 0 atom stereocenters. The molecule has 2 rings (SSSR count). The lowest BCUT2D eigenvalue weighted by Crippen LogP contribution is -1.94. The van der Waals surface area contributed by atoms with Crippen LogP contribution in [-0.2, 0) is 13.2 Å². The van der Waals surface area contributed by atoms with Gasteiger partial charge in [0, 0.05) is 6.07 Å². The molecule has 0 spiro atoms. The highest BCUT2D eigenvalue weighted by Crippen LogP contribution is 2.17. The lowest BCUT2D eigenvalue weighted by atomic mass is 10.2. The Balaban J connectivity index is 1.93. The molecule has 1 aromatic heterocycles. The van der Waals surface area contributed by atoms with Crippen molar-refractivity contribution in [1.82, 2.24) is 4.37 Å². The molecule has 0 saturated heterocycles. The van der Waals surface area contributed by atoms with E-state index in [1.165, 1.54) is 11.5 Å². The van der Waals surface area contributed by atoms with Gasteiger partial charge in [-0.3, -0.25) is 0 Å². The van der Waals surface area contributed by atoms with Crippen molar-refractivity contribution >= 4 is 11.5 Å². The molecule has 4 heteroatoms. The number of aliphatic hydroxyl groups is 1. The van der Waals surface area contributed by atoms with E-state index in [4.69, 9.17) is 9.84 Å². The summed E-state index contributed by atoms with van der Waals surface area (Å²) in [5.74, 6) is 0.577. The van der Waals surface area contributed by atoms with Crippen molar-refractivity contribution < 1.29 is 9.84 Å². The van der Waals surface area contributed by atoms with Gasteiger partial charge >= 0.3 is 0 Å². The first-order chi connectivity index (χ1) is 7.38. The van der Waals surface area contributed by atoms with E-state index in [1.807, 2.05) is 30.3 Å². The molecular weight excluding hydrogens is 210 g/mol. The molecule has 0 unspecified atom stereocenters. The van der Waals surface area contributed by atoms with E-state index >= 15 is 0 Å². The fourth-order valence-corrected chi connectivity index (χ4v) is 1.69. The second-order valence-electron chi connectivity index (χ2n) is 3.06. The van der Waals surface area contributed by atoms with E-state index in [9.17, 15) is 0 Å². The standard InChI is InChI=1S/C11H11NO2S/c13-7-10-6-11(12-15-10)14-8-9-4-2-1-3-5-9/h1-6,13H,7-8H2. The molecule has 0 bridgehead atoms. The smallest absolute Gasteiger partial charge is 0.225 e. The van der Waals surface area contributed by atoms with Gasteiger partial charge in [0.1, 0.15) is 6.61 Å². The quantitative estimate of drug-likeness (QED) is 0.860. The molecule has 1 N–H and O–H groups in total. The number of aliphatic hydroxyl groups excluding tert-OH is 1. The topological polar surface area (TPSA) is 42.4 Å². The van der Waals surface area contributed by atoms with E-state index in [-0.39, 0.29) is 6.61 Å². The summed E-state index contributed by atoms with van der Waals surface area (Å²) in [4.78, 5) is 0.818. The molecular formula is C11H11NO2S. The molecule has 0 aliphatic rings. The van der Waals surface area contributed by atoms with Crippen molar-refractivity contribution in [2.75, 3.05) is 0 Å². The third kappa shape index (κ3) is 2.78. The molecule has 0 saturated carbocycles. The van der Waals surface area contributed by atoms with Crippen LogP contribution < -0.4 is 4.74 Å². The molecule has 15 heavy (non-hydrogen) atoms. The van der Waals surface area contributed by atoms with Crippen LogP contribution in [0, 0.1) is 0 Å². The summed E-state index contributed by atoms with van der Waals surface area (Å²) < 4.78 is 9.52. The molecule has 0 aliphatic carbocycles. The minimum absolute atomic E-state index is 0.0202. The fourth-order valence-electron chi connectivity index (χ4n) is 1.17. The van der Waals surface area contributed by atoms with Crippen LogP contribution >= 0.6 is 11.5 Å². The van der Waals surface area contributed by atoms with Gasteiger partial charge < -0.3 is 9.84 Å². The third-order valence-corrected chi connectivity index (χ3v) is 2.68. The Hall–Kier alpha value is -1.39. The van der Waals surface area contributed by atoms with Crippen LogP contribution in [0.1, 0.15) is 10.4 Å². The van der Waals surface area contributed by atoms with Gasteiger partial charge in [0.25, 0.3) is 0 Å². The van der Waals surface area contributed by atoms with E-state index in [0.717, 1.165) is 10.4 Å². The Kier molecular flexibility index (Phi) is 3.32. The molecule has 78 valence electrons. The molecule has 0 aliphatic heterocycles. The lowest BCUT2D eigenvalue weighted by molar-refractivity contribution is 0.282. The van der Waals surface area contributed by atoms with Crippen LogP contribution in [-0.4, -0.2) is 9.48 Å². The van der Waals surface area contributed by atoms with Crippen molar-refractivity contribution in [2.24, 2.45) is 0 Å². The summed E-state index contributed by atoms with van der Waals surface area (Å²) in [5, 5.41) is 8.85. The van der Waals surface area contributed by atoms with Crippen molar-refractivity contribution in [3.63, 3.8) is 0 Å². The van der Waals surface area contributed by atoms with E-state index in [1.54, 1.807) is 6.07 Å². The Labute approximate surface area is 92.1 Å². The first-order valence-electron chi connectivity index (χ1n) is 4.61. The van der Waals surface area contributed by atoms with Crippen LogP contribution in [0.25, 0.3) is 0 Å². The SMILES string of the molecule is OCc1cc(OCc2ccccc2)ns1. The van der Waals surface area contributed by atoms with Gasteiger partial charge in [-0.05, 0) is 17.1 Å². The van der Waals surface area contributed by atoms with Gasteiger partial charge in [-0.1, -0.05) is 30.3 Å². The molecule has 0 amide bonds. The summed E-state index contributed by atoms with van der Waals surface area (Å²) in [6.45, 7) is 0.530. The fraction of sp³-hybridized carbons (Fsp3) is 0.182. The molecule has 1 aromatic carbocycles. The maximum Gasteiger partial charge on any atom is 0.225 e. The van der Waals surface area contributed by atoms with Crippen molar-refractivity contribution in [1.29, 1.82) is 0 Å². The predicted molar refractivity (Wildman–Crippen MR) is 58.8 cm³/mol. The van der Waals surface area contributed by atoms with Gasteiger partial charge in [-0.2, -0.15) is 4.37 Å². The average molecular weight is 221 g/mol. The van der Waals surface area contributed by atoms with Crippen molar-refractivity contribution in [2.45, 2.75) is 13.2 Å². The Bertz CT molecular complexity index is 414. The van der Waals surface area contributed by atoms with E-state index < -0.39 is 0 Å². The summed E-state index contributed by atoms with van der Waals surface area (Å²) in [7, 11) is 0. The molecule has 1 heterocycles. The predicted octanol–water partition coefficient (Wildman–Crippen LogP) is 2.21. The summed E-state index contributed by atoms with van der Waals surface area (Å²) in [6, 6.07) is 11.7. The van der Waals surface area contributed by atoms with Gasteiger partial charge in [-0.15, -0.1) is 0 Å². The maximum atomic E-state index is 8.85. The van der Waals surface area contributed by atoms with Gasteiger partial charge in [-0.25, -0.2) is 0 Å². The number of aromatic nitrogens is 1. The van der Waals surface area contributed by atoms with Crippen LogP contribution in [0.4, 0.5) is 0 Å². The molecule has 0 radical (unpaired) electrons. The highest BCUT2D eigenvalue weighted by atomic mass is 32.1. The third-order valence-electron chi connectivity index (χ3n) is 1.92. The van der Waals surface area contributed by atoms with Crippen LogP contribution in [0.2, 0.25) is 0 Å². The number of ether oxygens (including phenoxy) is 1. The lowest BCUT2D eigenvalue weighted by Gasteiger charge is -2.01. The number of benzene rings is 1. The highest BCUT2D eigenvalue weighted by Gasteiger charge is 2.01. The Morgan fingerprint density at radius 2 is 2.07 bits per heavy atom. The number of nitrogens with zero attached hydrogens (tertiary/aromatic N) is 1. The number of rotatable bonds is 4. The van der Waals surface area contributed by atoms with Crippen LogP contribution in [0.3, 0.4) is 0 Å². The van der Waals surface area contributed by atoms with E-state index in [0.29, 0.717) is 12.5 Å². The van der Waals surface area contributed by atoms with Gasteiger partial charge in [0.2, 0.25) is 5.88 Å². The summed E-state index contributed by atoms with van der Waals surface area (Å²) >= 11 is 1.26. The molecule has 0 fully saturated rings.